The smallest absolute Gasteiger partial charge is 0.364 e. The molecule has 0 spiro atoms. The fraction of sp³-hybridized carbons (Fsp3) is 0.381. The normalized spacial score (nSPS) is 16.1. The molecule has 11 heteroatoms. The third-order valence-corrected chi connectivity index (χ3v) is 5.68. The van der Waals surface area contributed by atoms with Gasteiger partial charge in [0.25, 0.3) is 6.33 Å². The van der Waals surface area contributed by atoms with Crippen LogP contribution in [0.4, 0.5) is 10.6 Å². The van der Waals surface area contributed by atoms with Crippen molar-refractivity contribution >= 4 is 23.0 Å². The number of aromatic nitrogens is 8. The van der Waals surface area contributed by atoms with E-state index in [4.69, 9.17) is 4.98 Å². The number of carbonyl (C=O) groups is 1. The van der Waals surface area contributed by atoms with E-state index in [-0.39, 0.29) is 12.1 Å². The van der Waals surface area contributed by atoms with Crippen LogP contribution < -0.4 is 9.88 Å². The first-order valence-electron chi connectivity index (χ1n) is 10.6. The highest BCUT2D eigenvalue weighted by Crippen LogP contribution is 2.27. The fourth-order valence-electron chi connectivity index (χ4n) is 4.04. The van der Waals surface area contributed by atoms with Crippen molar-refractivity contribution in [2.24, 2.45) is 7.05 Å². The van der Waals surface area contributed by atoms with Crippen molar-refractivity contribution in [3.63, 3.8) is 0 Å². The summed E-state index contributed by atoms with van der Waals surface area (Å²) in [4.78, 5) is 36.9. The Morgan fingerprint density at radius 2 is 2.06 bits per heavy atom. The number of nitrogens with zero attached hydrogens (tertiary/aromatic N) is 9. The Labute approximate surface area is 184 Å². The lowest BCUT2D eigenvalue weighted by molar-refractivity contribution is -0.670. The van der Waals surface area contributed by atoms with Gasteiger partial charge in [0, 0.05) is 38.1 Å². The maximum absolute atomic E-state index is 12.7. The number of nitrogens with one attached hydrogen (secondary N) is 1. The number of hydrogen-bond donors (Lipinski definition) is 1. The Kier molecular flexibility index (Phi) is 5.00. The molecular weight excluding hydrogens is 408 g/mol. The summed E-state index contributed by atoms with van der Waals surface area (Å²) in [6, 6.07) is 0.0546. The van der Waals surface area contributed by atoms with Crippen LogP contribution in [0, 0.1) is 6.92 Å². The van der Waals surface area contributed by atoms with E-state index in [9.17, 15) is 4.79 Å². The van der Waals surface area contributed by atoms with Gasteiger partial charge in [0.05, 0.1) is 12.6 Å². The van der Waals surface area contributed by atoms with Crippen LogP contribution in [0.5, 0.6) is 0 Å². The van der Waals surface area contributed by atoms with Gasteiger partial charge < -0.3 is 14.8 Å². The second kappa shape index (κ2) is 7.98. The van der Waals surface area contributed by atoms with Gasteiger partial charge in [-0.2, -0.15) is 4.57 Å². The van der Waals surface area contributed by atoms with Gasteiger partial charge in [0.2, 0.25) is 0 Å². The van der Waals surface area contributed by atoms with E-state index in [0.717, 1.165) is 23.5 Å². The van der Waals surface area contributed by atoms with Crippen molar-refractivity contribution in [2.75, 3.05) is 18.4 Å². The number of anilines is 1. The van der Waals surface area contributed by atoms with Crippen LogP contribution in [-0.4, -0.2) is 64.1 Å². The monoisotopic (exact) mass is 433 g/mol. The average molecular weight is 434 g/mol. The van der Waals surface area contributed by atoms with E-state index in [2.05, 4.69) is 32.2 Å². The molecular formula is C21H25N10O+. The maximum Gasteiger partial charge on any atom is 0.415 e. The molecule has 0 unspecified atom stereocenters. The Balaban J connectivity index is 1.40. The molecule has 1 amide bonds. The van der Waals surface area contributed by atoms with E-state index in [1.165, 1.54) is 0 Å². The van der Waals surface area contributed by atoms with Gasteiger partial charge in [-0.1, -0.05) is 0 Å². The van der Waals surface area contributed by atoms with Crippen LogP contribution in [0.3, 0.4) is 0 Å². The fourth-order valence-corrected chi connectivity index (χ4v) is 4.04. The van der Waals surface area contributed by atoms with Crippen LogP contribution in [0.2, 0.25) is 0 Å². The highest BCUT2D eigenvalue weighted by atomic mass is 16.2. The Morgan fingerprint density at radius 3 is 2.78 bits per heavy atom. The summed E-state index contributed by atoms with van der Waals surface area (Å²) >= 11 is 0. The van der Waals surface area contributed by atoms with Crippen molar-refractivity contribution < 1.29 is 9.36 Å². The number of fused-ring (bicyclic) bond motifs is 1. The summed E-state index contributed by atoms with van der Waals surface area (Å²) in [5, 5.41) is 3.48. The van der Waals surface area contributed by atoms with Gasteiger partial charge in [-0.25, -0.2) is 34.3 Å². The largest absolute Gasteiger partial charge is 0.415 e. The van der Waals surface area contributed by atoms with Gasteiger partial charge >= 0.3 is 6.03 Å². The number of imidazole rings is 2. The molecule has 1 aliphatic heterocycles. The summed E-state index contributed by atoms with van der Waals surface area (Å²) < 4.78 is 5.49. The standard InChI is InChI=1S/C21H25N10O/c1-4-31-19(15-9-22-14(2)23-10-15)27-17-18(24-12-25-20(17)31)26-16-5-6-29(11-16)21(32)30-8-7-28(3)13-30/h7-10,12-13,16H,4-6,11H2,1-3H3,(H,24,25,26)/q+1/t16-/m0/s1. The first-order valence-corrected chi connectivity index (χ1v) is 10.6. The summed E-state index contributed by atoms with van der Waals surface area (Å²) in [6.07, 6.45) is 11.3. The predicted molar refractivity (Wildman–Crippen MR) is 117 cm³/mol. The quantitative estimate of drug-likeness (QED) is 0.484. The lowest BCUT2D eigenvalue weighted by atomic mass is 10.2. The summed E-state index contributed by atoms with van der Waals surface area (Å²) in [5.41, 5.74) is 2.29. The number of amides is 1. The molecule has 5 heterocycles. The molecule has 4 aromatic rings. The Hall–Kier alpha value is -3.89. The molecule has 5 rings (SSSR count). The van der Waals surface area contributed by atoms with Crippen LogP contribution in [-0.2, 0) is 13.6 Å². The minimum Gasteiger partial charge on any atom is -0.364 e. The van der Waals surface area contributed by atoms with E-state index < -0.39 is 0 Å². The first kappa shape index (κ1) is 20.0. The number of likely N-dealkylation sites (tertiary alicyclic amines) is 1. The first-order chi connectivity index (χ1) is 15.5. The van der Waals surface area contributed by atoms with Crippen molar-refractivity contribution in [1.29, 1.82) is 0 Å². The van der Waals surface area contributed by atoms with E-state index in [0.29, 0.717) is 36.8 Å². The molecule has 1 aliphatic rings. The molecule has 1 saturated heterocycles. The molecule has 1 atom stereocenters. The predicted octanol–water partition coefficient (Wildman–Crippen LogP) is 1.39. The molecule has 0 saturated carbocycles. The number of carbonyl (C=O) groups excluding carboxylic acids is 1. The Morgan fingerprint density at radius 1 is 1.25 bits per heavy atom. The summed E-state index contributed by atoms with van der Waals surface area (Å²) in [5.74, 6) is 2.14. The van der Waals surface area contributed by atoms with Gasteiger partial charge in [-0.15, -0.1) is 0 Å². The van der Waals surface area contributed by atoms with E-state index >= 15 is 0 Å². The van der Waals surface area contributed by atoms with Crippen molar-refractivity contribution in [1.82, 2.24) is 39.0 Å². The second-order valence-electron chi connectivity index (χ2n) is 7.94. The SMILES string of the molecule is CCn1c(-c2cnc(C)nc2)nc2c(N[C@H]3CCN(C(=O)n4cc[n+](C)c4)C3)ncnc21. The molecule has 11 nitrogen and oxygen atoms in total. The number of aryl methyl sites for hydroxylation is 3. The minimum atomic E-state index is -0.0281. The number of rotatable bonds is 4. The maximum atomic E-state index is 12.7. The van der Waals surface area contributed by atoms with Crippen molar-refractivity contribution in [2.45, 2.75) is 32.9 Å². The minimum absolute atomic E-state index is 0.0281. The van der Waals surface area contributed by atoms with Gasteiger partial charge in [-0.05, 0) is 20.3 Å². The Bertz CT molecular complexity index is 1280. The zero-order valence-electron chi connectivity index (χ0n) is 18.3. The zero-order chi connectivity index (χ0) is 22.2. The van der Waals surface area contributed by atoms with Crippen LogP contribution in [0.1, 0.15) is 19.2 Å². The van der Waals surface area contributed by atoms with Crippen molar-refractivity contribution in [3.8, 4) is 11.4 Å². The van der Waals surface area contributed by atoms with Gasteiger partial charge in [0.15, 0.2) is 17.0 Å². The molecule has 4 aromatic heterocycles. The van der Waals surface area contributed by atoms with E-state index in [1.807, 2.05) is 34.2 Å². The van der Waals surface area contributed by atoms with Gasteiger partial charge in [0.1, 0.15) is 30.4 Å². The highest BCUT2D eigenvalue weighted by Gasteiger charge is 2.30. The third kappa shape index (κ3) is 3.55. The van der Waals surface area contributed by atoms with Gasteiger partial charge in [-0.3, -0.25) is 0 Å². The average Bonchev–Trinajstić information content (AvgIpc) is 3.52. The second-order valence-corrected chi connectivity index (χ2v) is 7.94. The molecule has 32 heavy (non-hydrogen) atoms. The van der Waals surface area contributed by atoms with E-state index in [1.54, 1.807) is 35.8 Å². The van der Waals surface area contributed by atoms with Crippen LogP contribution in [0.25, 0.3) is 22.6 Å². The molecule has 1 N–H and O–H groups in total. The van der Waals surface area contributed by atoms with Crippen molar-refractivity contribution in [3.05, 3.63) is 43.3 Å². The zero-order valence-corrected chi connectivity index (χ0v) is 18.3. The lowest BCUT2D eigenvalue weighted by Crippen LogP contribution is -2.35. The third-order valence-electron chi connectivity index (χ3n) is 5.68. The number of hydrogen-bond acceptors (Lipinski definition) is 7. The molecule has 0 bridgehead atoms. The molecule has 0 aromatic carbocycles. The van der Waals surface area contributed by atoms with Crippen LogP contribution in [0.15, 0.2) is 37.4 Å². The molecule has 164 valence electrons. The molecule has 0 radical (unpaired) electrons. The van der Waals surface area contributed by atoms with Crippen LogP contribution >= 0.6 is 0 Å². The molecule has 0 aliphatic carbocycles. The summed E-state index contributed by atoms with van der Waals surface area (Å²) in [6.45, 7) is 5.89. The lowest BCUT2D eigenvalue weighted by Gasteiger charge is -2.15. The summed E-state index contributed by atoms with van der Waals surface area (Å²) in [7, 11) is 1.89. The topological polar surface area (TPSA) is 111 Å². The highest BCUT2D eigenvalue weighted by molar-refractivity contribution is 5.86. The molecule has 1 fully saturated rings.